The molecule has 1 saturated heterocycles. The molecule has 1 amide bonds. The largest absolute Gasteiger partial charge is 0.417 e. The number of likely N-dealkylation sites (tertiary alicyclic amines) is 1. The molecule has 9 nitrogen and oxygen atoms in total. The lowest BCUT2D eigenvalue weighted by atomic mass is 9.94. The predicted molar refractivity (Wildman–Crippen MR) is 133 cm³/mol. The van der Waals surface area contributed by atoms with Crippen LogP contribution in [0.15, 0.2) is 52.3 Å². The topological polar surface area (TPSA) is 137 Å². The number of hydrogen-bond acceptors (Lipinski definition) is 9. The number of anilines is 1. The number of aromatic nitrogens is 4. The highest BCUT2D eigenvalue weighted by Crippen LogP contribution is 2.35. The first kappa shape index (κ1) is 23.1. The van der Waals surface area contributed by atoms with E-state index in [9.17, 15) is 4.79 Å². The highest BCUT2D eigenvalue weighted by Gasteiger charge is 2.33. The second-order valence-electron chi connectivity index (χ2n) is 9.14. The smallest absolute Gasteiger partial charge is 0.266 e. The number of nitrogens with two attached hydrogens (primary N) is 2. The number of carbonyl (C=O) groups excluding carboxylic acids is 1. The van der Waals surface area contributed by atoms with Gasteiger partial charge in [-0.2, -0.15) is 0 Å². The number of amides is 1. The maximum absolute atomic E-state index is 13.5. The van der Waals surface area contributed by atoms with E-state index in [1.807, 2.05) is 54.5 Å². The Morgan fingerprint density at radius 2 is 2.03 bits per heavy atom. The Morgan fingerprint density at radius 1 is 1.23 bits per heavy atom. The minimum Gasteiger partial charge on any atom is -0.417 e. The molecule has 10 heteroatoms. The number of carbonyl (C=O) groups is 1. The van der Waals surface area contributed by atoms with Crippen molar-refractivity contribution in [3.63, 3.8) is 0 Å². The second-order valence-corrected chi connectivity index (χ2v) is 10.0. The zero-order valence-corrected chi connectivity index (χ0v) is 20.5. The van der Waals surface area contributed by atoms with Crippen molar-refractivity contribution < 1.29 is 9.21 Å². The fourth-order valence-electron chi connectivity index (χ4n) is 4.40. The minimum atomic E-state index is -0.875. The van der Waals surface area contributed by atoms with Gasteiger partial charge >= 0.3 is 0 Å². The average Bonchev–Trinajstić information content (AvgIpc) is 3.59. The summed E-state index contributed by atoms with van der Waals surface area (Å²) in [7, 11) is 0. The van der Waals surface area contributed by atoms with Gasteiger partial charge in [-0.1, -0.05) is 30.3 Å². The molecule has 3 aromatic heterocycles. The summed E-state index contributed by atoms with van der Waals surface area (Å²) in [5.41, 5.74) is 14.5. The summed E-state index contributed by atoms with van der Waals surface area (Å²) >= 11 is 1.58. The maximum Gasteiger partial charge on any atom is 0.266 e. The van der Waals surface area contributed by atoms with Crippen LogP contribution in [0, 0.1) is 6.92 Å². The Labute approximate surface area is 207 Å². The van der Waals surface area contributed by atoms with Gasteiger partial charge in [-0.3, -0.25) is 4.79 Å². The van der Waals surface area contributed by atoms with Gasteiger partial charge in [-0.25, -0.2) is 9.97 Å². The van der Waals surface area contributed by atoms with Gasteiger partial charge in [0.25, 0.3) is 11.8 Å². The van der Waals surface area contributed by atoms with Crippen molar-refractivity contribution in [1.29, 1.82) is 0 Å². The van der Waals surface area contributed by atoms with E-state index in [2.05, 4.69) is 20.2 Å². The third-order valence-corrected chi connectivity index (χ3v) is 7.14. The van der Waals surface area contributed by atoms with Crippen LogP contribution >= 0.6 is 11.3 Å². The molecule has 180 valence electrons. The first-order chi connectivity index (χ1) is 16.8. The summed E-state index contributed by atoms with van der Waals surface area (Å²) in [6.45, 7) is 4.46. The number of benzene rings is 1. The van der Waals surface area contributed by atoms with E-state index < -0.39 is 5.54 Å². The molecule has 4 N–H and O–H groups in total. The van der Waals surface area contributed by atoms with Gasteiger partial charge in [0, 0.05) is 23.2 Å². The molecule has 0 radical (unpaired) electrons. The number of aryl methyl sites for hydroxylation is 1. The van der Waals surface area contributed by atoms with Crippen LogP contribution in [0.5, 0.6) is 0 Å². The van der Waals surface area contributed by atoms with Crippen LogP contribution in [-0.4, -0.2) is 37.5 Å². The highest BCUT2D eigenvalue weighted by molar-refractivity contribution is 7.09. The molecule has 4 heterocycles. The second kappa shape index (κ2) is 9.20. The van der Waals surface area contributed by atoms with Crippen molar-refractivity contribution in [3.8, 4) is 11.6 Å². The van der Waals surface area contributed by atoms with Crippen LogP contribution in [0.2, 0.25) is 0 Å². The fourth-order valence-corrected chi connectivity index (χ4v) is 5.34. The molecular weight excluding hydrogens is 462 g/mol. The third kappa shape index (κ3) is 4.80. The highest BCUT2D eigenvalue weighted by atomic mass is 32.1. The summed E-state index contributed by atoms with van der Waals surface area (Å²) in [4.78, 5) is 24.3. The quantitative estimate of drug-likeness (QED) is 0.416. The Bertz CT molecular complexity index is 1350. The molecule has 0 aliphatic carbocycles. The molecule has 1 aliphatic rings. The average molecular weight is 490 g/mol. The first-order valence-electron chi connectivity index (χ1n) is 11.5. The van der Waals surface area contributed by atoms with Gasteiger partial charge in [0.1, 0.15) is 16.5 Å². The van der Waals surface area contributed by atoms with E-state index in [4.69, 9.17) is 15.9 Å². The van der Waals surface area contributed by atoms with E-state index in [-0.39, 0.29) is 29.5 Å². The molecule has 2 atom stereocenters. The molecule has 0 unspecified atom stereocenters. The molecule has 5 rings (SSSR count). The van der Waals surface area contributed by atoms with E-state index in [1.54, 1.807) is 23.5 Å². The van der Waals surface area contributed by atoms with Crippen LogP contribution in [0.25, 0.3) is 11.6 Å². The van der Waals surface area contributed by atoms with Gasteiger partial charge in [-0.15, -0.1) is 21.5 Å². The molecule has 4 aromatic rings. The van der Waals surface area contributed by atoms with Crippen LogP contribution in [0.3, 0.4) is 0 Å². The van der Waals surface area contributed by atoms with Crippen LogP contribution in [0.1, 0.15) is 58.3 Å². The molecule has 1 aromatic carbocycles. The standard InChI is InChI=1S/C25H27N7O2S/c1-15-14-35-22(28-15)19-9-6-10-32(19)23(33)17-11-18(29-20(26)12-17)21-30-31-24(34-21)25(2,27)13-16-7-4-3-5-8-16/h3-5,7-8,11-12,14,19H,6,9-10,13,27H2,1-2H3,(H2,26,29)/t19-,25+/m1/s1. The Hall–Kier alpha value is -3.63. The Kier molecular flexibility index (Phi) is 6.08. The van der Waals surface area contributed by atoms with E-state index in [0.717, 1.165) is 29.1 Å². The summed E-state index contributed by atoms with van der Waals surface area (Å²) in [6.07, 6.45) is 2.33. The SMILES string of the molecule is Cc1csc([C@H]2CCCN2C(=O)c2cc(N)nc(-c3nnc([C@@](C)(N)Cc4ccccc4)o3)c2)n1. The molecule has 0 bridgehead atoms. The van der Waals surface area contributed by atoms with Gasteiger partial charge in [0.05, 0.1) is 11.6 Å². The molecular formula is C25H27N7O2S. The van der Waals surface area contributed by atoms with Crippen molar-refractivity contribution in [3.05, 3.63) is 75.6 Å². The summed E-state index contributed by atoms with van der Waals surface area (Å²) in [5, 5.41) is 11.3. The van der Waals surface area contributed by atoms with E-state index in [1.165, 1.54) is 0 Å². The molecule has 1 aliphatic heterocycles. The monoisotopic (exact) mass is 489 g/mol. The van der Waals surface area contributed by atoms with Gasteiger partial charge < -0.3 is 20.8 Å². The van der Waals surface area contributed by atoms with Gasteiger partial charge in [-0.05, 0) is 50.8 Å². The lowest BCUT2D eigenvalue weighted by Crippen LogP contribution is -2.35. The number of thiazole rings is 1. The number of nitrogens with zero attached hydrogens (tertiary/aromatic N) is 5. The third-order valence-electron chi connectivity index (χ3n) is 6.07. The van der Waals surface area contributed by atoms with E-state index >= 15 is 0 Å². The Balaban J connectivity index is 1.40. The summed E-state index contributed by atoms with van der Waals surface area (Å²) in [5.74, 6) is 0.529. The van der Waals surface area contributed by atoms with Crippen molar-refractivity contribution in [2.24, 2.45) is 5.73 Å². The number of pyridine rings is 1. The Morgan fingerprint density at radius 3 is 2.77 bits per heavy atom. The van der Waals surface area contributed by atoms with Crippen molar-refractivity contribution in [2.75, 3.05) is 12.3 Å². The molecule has 0 spiro atoms. The predicted octanol–water partition coefficient (Wildman–Crippen LogP) is 3.87. The van der Waals surface area contributed by atoms with Crippen LogP contribution in [-0.2, 0) is 12.0 Å². The zero-order chi connectivity index (χ0) is 24.6. The number of hydrogen-bond donors (Lipinski definition) is 2. The first-order valence-corrected chi connectivity index (χ1v) is 12.4. The molecule has 1 fully saturated rings. The lowest BCUT2D eigenvalue weighted by Gasteiger charge is -2.23. The van der Waals surface area contributed by atoms with Crippen molar-refractivity contribution >= 4 is 23.1 Å². The minimum absolute atomic E-state index is 0.0371. The molecule has 35 heavy (non-hydrogen) atoms. The van der Waals surface area contributed by atoms with Gasteiger partial charge in [0.2, 0.25) is 5.89 Å². The van der Waals surface area contributed by atoms with Crippen LogP contribution < -0.4 is 11.5 Å². The van der Waals surface area contributed by atoms with E-state index in [0.29, 0.717) is 24.2 Å². The summed E-state index contributed by atoms with van der Waals surface area (Å²) < 4.78 is 5.92. The molecule has 0 saturated carbocycles. The maximum atomic E-state index is 13.5. The summed E-state index contributed by atoms with van der Waals surface area (Å²) in [6, 6.07) is 13.1. The van der Waals surface area contributed by atoms with Crippen LogP contribution in [0.4, 0.5) is 5.82 Å². The number of rotatable bonds is 6. The number of nitrogen functional groups attached to an aromatic ring is 1. The fraction of sp³-hybridized carbons (Fsp3) is 0.320. The normalized spacial score (nSPS) is 17.5. The van der Waals surface area contributed by atoms with Crippen molar-refractivity contribution in [1.82, 2.24) is 25.1 Å². The van der Waals surface area contributed by atoms with Gasteiger partial charge in [0.15, 0.2) is 0 Å². The van der Waals surface area contributed by atoms with Crippen molar-refractivity contribution in [2.45, 2.75) is 44.7 Å². The zero-order valence-electron chi connectivity index (χ0n) is 19.6. The lowest BCUT2D eigenvalue weighted by molar-refractivity contribution is 0.0735.